The fraction of sp³-hybridized carbons (Fsp3) is 0.452. The summed E-state index contributed by atoms with van der Waals surface area (Å²) in [4.78, 5) is 138. The molecule has 1 aliphatic carbocycles. The molecule has 11 bridgehead atoms. The number of Topliss-reactive ketones (excluding diaryl/α,β-unsaturated/α-hetero) is 2. The molecule has 22 N–H and O–H groups in total. The van der Waals surface area contributed by atoms with Gasteiger partial charge in [0.05, 0.1) is 64.8 Å². The molecule has 0 aromatic heterocycles. The van der Waals surface area contributed by atoms with Crippen LogP contribution in [0.15, 0.2) is 127 Å². The number of rotatable bonds is 23. The Morgan fingerprint density at radius 2 is 1.32 bits per heavy atom. The number of aliphatic hydroxyl groups excluding tert-OH is 7. The lowest BCUT2D eigenvalue weighted by Gasteiger charge is -2.48. The predicted molar refractivity (Wildman–Crippen MR) is 479 cm³/mol. The number of aliphatic hydroxyl groups is 9. The van der Waals surface area contributed by atoms with Gasteiger partial charge in [-0.1, -0.05) is 114 Å². The van der Waals surface area contributed by atoms with Crippen molar-refractivity contribution in [3.05, 3.63) is 187 Å². The van der Waals surface area contributed by atoms with E-state index in [1.54, 1.807) is 32.9 Å². The highest BCUT2D eigenvalue weighted by atomic mass is 35.5. The van der Waals surface area contributed by atoms with Gasteiger partial charge in [0, 0.05) is 84.9 Å². The highest BCUT2D eigenvalue weighted by Crippen LogP contribution is 2.54. The number of primary amides is 1. The van der Waals surface area contributed by atoms with Crippen LogP contribution in [0.5, 0.6) is 34.5 Å². The lowest BCUT2D eigenvalue weighted by Crippen LogP contribution is -2.65. The van der Waals surface area contributed by atoms with Crippen molar-refractivity contribution in [3.8, 4) is 56.8 Å². The topological polar surface area (TPSA) is 580 Å². The summed E-state index contributed by atoms with van der Waals surface area (Å²) in [5, 5.41) is 134. The number of benzene rings is 7. The molecule has 7 aromatic rings. The van der Waals surface area contributed by atoms with E-state index in [-0.39, 0.29) is 101 Å². The minimum Gasteiger partial charge on any atom is -0.508 e. The Morgan fingerprint density at radius 3 is 1.95 bits per heavy atom. The van der Waals surface area contributed by atoms with E-state index in [2.05, 4.69) is 31.9 Å². The summed E-state index contributed by atoms with van der Waals surface area (Å²) in [5.41, 5.74) is 15.9. The molecule has 1 unspecified atom stereocenters. The molecule has 3 fully saturated rings. The van der Waals surface area contributed by atoms with Crippen molar-refractivity contribution >= 4 is 98.7 Å². The summed E-state index contributed by atoms with van der Waals surface area (Å²) in [5.74, 6) is -20.6. The maximum atomic E-state index is 16.9. The van der Waals surface area contributed by atoms with Crippen molar-refractivity contribution in [2.75, 3.05) is 25.4 Å². The van der Waals surface area contributed by atoms with E-state index in [1.165, 1.54) is 69.3 Å². The minimum absolute atomic E-state index is 0.00610. The first-order valence-corrected chi connectivity index (χ1v) is 45.5. The van der Waals surface area contributed by atoms with Crippen molar-refractivity contribution in [3.63, 3.8) is 0 Å². The standard InChI is InChI=1S/C93H106Cl3N9O27S/c1-7-44(24-40(2)107)85(118)104-75-61(109)28-51(31-68(98)111)86(119)102-73-50-29-65(127-63-20-15-48(77(75)113)26-59(63)95)81(132-90-82(79(115)78(114)67(38-106)129-90)131-71-36-92(6,84(117)42(4)126-71)101-37-43-8-10-45(11-9-43)46-12-17-52(94)18-13-46)66(30-50)128-64-21-16-49(27-60(64)96)80(130-70-35-91(5,99)83(116)41(3)125-70)76-88(121)103-74(89(122)133-39-69(112)100-23-22-97)56-32-53(108)33-58-72(56)55-25-47(14-19-57(55)93(58,123)124)54(34-62(73)110)87(120)105-76/h8-21,25-27,29-30,32-33,40-42,44,51,54,67,70-71,73-80,82-84,90,101,106-108,113-117,123-124H,7,22-24,28,31,34-39,97,99H2,1-6H3,(H2,98,111)(H,100,112)(H,102,119)(H,103,121)(H,104,118)(H,105,120)/t40?,41-,42-,44+,51-,54+,67+,70-,71-,73+,74-,75-,76-,77+,78+,79-,80+,82+,83-,84-,90-,91-,92-/m0/s1. The molecule has 3 saturated heterocycles. The van der Waals surface area contributed by atoms with Gasteiger partial charge in [-0.05, 0) is 170 Å². The van der Waals surface area contributed by atoms with Gasteiger partial charge in [-0.25, -0.2) is 0 Å². The number of aromatic hydroxyl groups is 1. The molecule has 9 aliphatic rings. The molecule has 40 heteroatoms. The van der Waals surface area contributed by atoms with Crippen molar-refractivity contribution < 1.29 is 132 Å². The number of hydrogen-bond donors (Lipinski definition) is 19. The Balaban J connectivity index is 0.972. The number of carbonyl (C=O) groups excluding carboxylic acids is 9. The Bertz CT molecular complexity index is 5590. The normalized spacial score (nSPS) is 29.6. The van der Waals surface area contributed by atoms with Crippen molar-refractivity contribution in [2.45, 2.75) is 226 Å². The Labute approximate surface area is 782 Å². The van der Waals surface area contributed by atoms with Gasteiger partial charge in [0.25, 0.3) is 0 Å². The van der Waals surface area contributed by atoms with E-state index in [4.69, 9.17) is 89.9 Å². The Hall–Kier alpha value is -9.89. The van der Waals surface area contributed by atoms with E-state index in [0.29, 0.717) is 16.8 Å². The van der Waals surface area contributed by atoms with Crippen molar-refractivity contribution in [2.24, 2.45) is 29.0 Å². The van der Waals surface area contributed by atoms with Gasteiger partial charge in [0.15, 0.2) is 41.7 Å². The maximum absolute atomic E-state index is 16.9. The second kappa shape index (κ2) is 41.0. The monoisotopic (exact) mass is 1920 g/mol. The fourth-order valence-electron chi connectivity index (χ4n) is 18.0. The van der Waals surface area contributed by atoms with Crippen molar-refractivity contribution in [1.29, 1.82) is 0 Å². The molecule has 36 nitrogen and oxygen atoms in total. The molecular formula is C93H106Cl3N9O27S. The number of halogens is 3. The highest BCUT2D eigenvalue weighted by molar-refractivity contribution is 8.14. The molecule has 712 valence electrons. The van der Waals surface area contributed by atoms with Crippen LogP contribution in [0.3, 0.4) is 0 Å². The largest absolute Gasteiger partial charge is 0.508 e. The number of ketones is 2. The van der Waals surface area contributed by atoms with E-state index >= 15 is 28.8 Å². The zero-order chi connectivity index (χ0) is 95.9. The molecule has 0 saturated carbocycles. The van der Waals surface area contributed by atoms with Gasteiger partial charge in [-0.2, -0.15) is 0 Å². The van der Waals surface area contributed by atoms with Crippen LogP contribution in [-0.2, 0) is 79.2 Å². The van der Waals surface area contributed by atoms with Crippen LogP contribution in [-0.4, -0.2) is 226 Å². The number of carbonyl (C=O) groups is 9. The zero-order valence-corrected chi connectivity index (χ0v) is 76.0. The SMILES string of the molecule is CC[C@H](CC(C)O)C(=O)N[C@H]1C(=O)C[C@@H](CC(N)=O)C(=O)N[C@H]2C(=O)C[C@H]3C(=O)N[C@H](C(=O)N[C@H](C(=O)SCC(=O)NCCN)c4cc(O)cc5c4-c4cc3ccc4C5(O)O)[C@H](O[C@H]3C[C@](C)(N)[C@@H](O)[C@H](C)O3)c3ccc(c(Cl)c3)Oc3cc2cc(c3O[C@@H]2O[C@H](CO)[C@@H](O)[C@H](O)[C@H]2O[C@H]2C[C@](C)(NCc3ccc(-c4ccc(Cl)cc4)cc3)[C@@H](O)[C@H](C)O2)Oc2ccc(cc2Cl)[C@H]1O. The van der Waals surface area contributed by atoms with E-state index < -0.39 is 268 Å². The fourth-order valence-corrected chi connectivity index (χ4v) is 19.3. The summed E-state index contributed by atoms with van der Waals surface area (Å²) in [6.45, 7) is 8.55. The van der Waals surface area contributed by atoms with Crippen LogP contribution in [0.1, 0.15) is 161 Å². The third kappa shape index (κ3) is 21.5. The lowest BCUT2D eigenvalue weighted by atomic mass is 9.84. The molecular weight excluding hydrogens is 1810 g/mol. The quantitative estimate of drug-likeness (QED) is 0.0376. The van der Waals surface area contributed by atoms with Gasteiger partial charge in [-0.15, -0.1) is 0 Å². The van der Waals surface area contributed by atoms with Gasteiger partial charge in [-0.3, -0.25) is 43.2 Å². The highest BCUT2D eigenvalue weighted by Gasteiger charge is 2.54. The van der Waals surface area contributed by atoms with Crippen LogP contribution in [0, 0.1) is 11.8 Å². The lowest BCUT2D eigenvalue weighted by molar-refractivity contribution is -0.334. The average molecular weight is 1920 g/mol. The van der Waals surface area contributed by atoms with Gasteiger partial charge < -0.3 is 138 Å². The van der Waals surface area contributed by atoms with Gasteiger partial charge >= 0.3 is 0 Å². The van der Waals surface area contributed by atoms with Crippen LogP contribution in [0.25, 0.3) is 22.3 Å². The summed E-state index contributed by atoms with van der Waals surface area (Å²) in [6, 6.07) is 21.8. The van der Waals surface area contributed by atoms with E-state index in [0.717, 1.165) is 47.0 Å². The molecule has 0 radical (unpaired) electrons. The van der Waals surface area contributed by atoms with E-state index in [9.17, 15) is 65.4 Å². The first-order chi connectivity index (χ1) is 63.0. The molecule has 6 amide bonds. The summed E-state index contributed by atoms with van der Waals surface area (Å²) >= 11 is 21.4. The molecule has 16 rings (SSSR count). The summed E-state index contributed by atoms with van der Waals surface area (Å²) in [6.07, 6.45) is -26.2. The number of thioether (sulfide) groups is 1. The number of amides is 6. The number of fused-ring (bicyclic) bond motifs is 12. The first-order valence-electron chi connectivity index (χ1n) is 43.4. The van der Waals surface area contributed by atoms with Crippen LogP contribution in [0.2, 0.25) is 15.1 Å². The van der Waals surface area contributed by atoms with Gasteiger partial charge in [0.2, 0.25) is 58.4 Å². The molecule has 133 heavy (non-hydrogen) atoms. The third-order valence-corrected chi connectivity index (χ3v) is 27.0. The van der Waals surface area contributed by atoms with Gasteiger partial charge in [0.1, 0.15) is 71.9 Å². The number of ether oxygens (including phenoxy) is 8. The van der Waals surface area contributed by atoms with Crippen LogP contribution >= 0.6 is 46.6 Å². The van der Waals surface area contributed by atoms with Crippen LogP contribution < -0.4 is 63.3 Å². The number of nitrogens with one attached hydrogen (secondary N) is 6. The third-order valence-electron chi connectivity index (χ3n) is 25.2. The minimum atomic E-state index is -3.06. The predicted octanol–water partition coefficient (Wildman–Crippen LogP) is 4.97. The first kappa shape index (κ1) is 99.1. The second-order valence-electron chi connectivity index (χ2n) is 35.2. The van der Waals surface area contributed by atoms with Crippen LogP contribution in [0.4, 0.5) is 0 Å². The summed E-state index contributed by atoms with van der Waals surface area (Å²) < 4.78 is 53.5. The maximum Gasteiger partial charge on any atom is 0.246 e. The Morgan fingerprint density at radius 1 is 0.692 bits per heavy atom. The average Bonchev–Trinajstić information content (AvgIpc) is 1.55. The zero-order valence-electron chi connectivity index (χ0n) is 72.9. The van der Waals surface area contributed by atoms with Crippen molar-refractivity contribution in [1.82, 2.24) is 31.9 Å². The number of phenolic OH excluding ortho intramolecular Hbond substituents is 1. The summed E-state index contributed by atoms with van der Waals surface area (Å²) in [7, 11) is 0. The smallest absolute Gasteiger partial charge is 0.246 e. The number of nitrogens with two attached hydrogens (primary N) is 3. The second-order valence-corrected chi connectivity index (χ2v) is 37.4. The Kier molecular flexibility index (Phi) is 30.5. The molecule has 7 aromatic carbocycles. The molecule has 0 spiro atoms. The number of hydrogen-bond acceptors (Lipinski definition) is 31. The molecule has 23 atom stereocenters. The molecule has 8 aliphatic heterocycles. The molecule has 8 heterocycles. The van der Waals surface area contributed by atoms with E-state index in [1.807, 2.05) is 36.4 Å². The number of phenols is 1.